The summed E-state index contributed by atoms with van der Waals surface area (Å²) < 4.78 is 39.3. The Morgan fingerprint density at radius 1 is 1.36 bits per heavy atom. The van der Waals surface area contributed by atoms with Crippen LogP contribution in [0.2, 0.25) is 5.02 Å². The van der Waals surface area contributed by atoms with Crippen LogP contribution in [0.1, 0.15) is 42.3 Å². The van der Waals surface area contributed by atoms with E-state index in [-0.39, 0.29) is 29.1 Å². The van der Waals surface area contributed by atoms with E-state index in [1.54, 1.807) is 11.6 Å². The fraction of sp³-hybridized carbons (Fsp3) is 0.391. The number of halogens is 2. The number of nitrogens with zero attached hydrogens (tertiary/aromatic N) is 4. The molecule has 0 radical (unpaired) electrons. The molecule has 0 spiro atoms. The van der Waals surface area contributed by atoms with Crippen LogP contribution in [0.4, 0.5) is 4.39 Å². The van der Waals surface area contributed by atoms with Gasteiger partial charge in [0.15, 0.2) is 10.8 Å². The minimum absolute atomic E-state index is 0.00394. The normalized spacial score (nSPS) is 22.6. The standard InChI is InChI=1S/C23H23ClFN5O4S2/c1-36(33,34)30(10-8-26)15-5-2-13(3-6-15)19-18(23(31)32)20(16-7-4-14(25)12-17(16)24)29-21(28-19)22-27-9-11-35-22/h4,7,9,11-13,15,20H,2-3,5-6,10H2,1H3,(H,28,29)(H,31,32). The molecule has 1 aromatic heterocycles. The molecule has 0 amide bonds. The Kier molecular flexibility index (Phi) is 7.75. The number of carboxylic acid groups (broad SMARTS) is 1. The molecular formula is C23H23ClFN5O4S2. The fourth-order valence-corrected chi connectivity index (χ4v) is 6.66. The molecular weight excluding hydrogens is 529 g/mol. The predicted octanol–water partition coefficient (Wildman–Crippen LogP) is 3.71. The molecule has 36 heavy (non-hydrogen) atoms. The first-order valence-corrected chi connectivity index (χ1v) is 14.2. The molecule has 0 saturated heterocycles. The number of benzene rings is 1. The van der Waals surface area contributed by atoms with Gasteiger partial charge in [-0.2, -0.15) is 9.57 Å². The molecule has 2 aromatic rings. The molecule has 1 saturated carbocycles. The zero-order valence-corrected chi connectivity index (χ0v) is 21.6. The van der Waals surface area contributed by atoms with E-state index in [0.29, 0.717) is 47.8 Å². The second-order valence-corrected chi connectivity index (χ2v) is 11.8. The molecule has 4 rings (SSSR count). The fourth-order valence-electron chi connectivity index (χ4n) is 4.76. The van der Waals surface area contributed by atoms with E-state index in [1.807, 2.05) is 6.07 Å². The van der Waals surface area contributed by atoms with Gasteiger partial charge < -0.3 is 10.4 Å². The van der Waals surface area contributed by atoms with Crippen LogP contribution in [0.25, 0.3) is 0 Å². The van der Waals surface area contributed by atoms with E-state index in [0.717, 1.165) is 12.3 Å². The molecule has 190 valence electrons. The highest BCUT2D eigenvalue weighted by Crippen LogP contribution is 2.41. The van der Waals surface area contributed by atoms with Crippen LogP contribution in [-0.4, -0.2) is 53.5 Å². The van der Waals surface area contributed by atoms with Gasteiger partial charge in [0.25, 0.3) is 0 Å². The van der Waals surface area contributed by atoms with Crippen LogP contribution in [0.15, 0.2) is 46.0 Å². The van der Waals surface area contributed by atoms with Gasteiger partial charge in [0.2, 0.25) is 10.0 Å². The number of carboxylic acids is 1. The number of carbonyl (C=O) groups is 1. The van der Waals surface area contributed by atoms with E-state index in [2.05, 4.69) is 15.3 Å². The van der Waals surface area contributed by atoms with Crippen molar-refractivity contribution in [3.63, 3.8) is 0 Å². The lowest BCUT2D eigenvalue weighted by Crippen LogP contribution is -2.43. The Morgan fingerprint density at radius 3 is 2.64 bits per heavy atom. The number of aliphatic carboxylic acids is 1. The number of nitrogens with one attached hydrogen (secondary N) is 1. The summed E-state index contributed by atoms with van der Waals surface area (Å²) in [6.07, 6.45) is 4.61. The van der Waals surface area contributed by atoms with E-state index in [4.69, 9.17) is 16.9 Å². The molecule has 1 unspecified atom stereocenters. The average Bonchev–Trinajstić information content (AvgIpc) is 3.36. The van der Waals surface area contributed by atoms with Crippen LogP contribution < -0.4 is 5.32 Å². The van der Waals surface area contributed by atoms with Crippen LogP contribution in [0.3, 0.4) is 0 Å². The third-order valence-electron chi connectivity index (χ3n) is 6.36. The smallest absolute Gasteiger partial charge is 0.335 e. The largest absolute Gasteiger partial charge is 0.478 e. The molecule has 1 aliphatic heterocycles. The molecule has 2 aliphatic rings. The molecule has 13 heteroatoms. The zero-order chi connectivity index (χ0) is 26.0. The first-order chi connectivity index (χ1) is 17.1. The van der Waals surface area contributed by atoms with E-state index in [1.165, 1.54) is 27.8 Å². The summed E-state index contributed by atoms with van der Waals surface area (Å²) in [5.74, 6) is -1.58. The summed E-state index contributed by atoms with van der Waals surface area (Å²) in [6, 6.07) is 4.34. The van der Waals surface area contributed by atoms with Crippen LogP contribution >= 0.6 is 22.9 Å². The Balaban J connectivity index is 1.72. The molecule has 1 aromatic carbocycles. The van der Waals surface area contributed by atoms with Gasteiger partial charge in [-0.25, -0.2) is 22.6 Å². The van der Waals surface area contributed by atoms with Gasteiger partial charge in [-0.15, -0.1) is 11.3 Å². The predicted molar refractivity (Wildman–Crippen MR) is 134 cm³/mol. The number of amidine groups is 1. The Morgan fingerprint density at radius 2 is 2.08 bits per heavy atom. The number of thiazole rings is 1. The van der Waals surface area contributed by atoms with Crippen LogP contribution in [-0.2, 0) is 14.8 Å². The maximum Gasteiger partial charge on any atom is 0.335 e. The van der Waals surface area contributed by atoms with Crippen molar-refractivity contribution in [3.05, 3.63) is 62.5 Å². The Bertz CT molecular complexity index is 1360. The number of hydrogen-bond acceptors (Lipinski definition) is 8. The summed E-state index contributed by atoms with van der Waals surface area (Å²) in [4.78, 5) is 21.4. The number of sulfonamides is 1. The first-order valence-electron chi connectivity index (χ1n) is 11.1. The molecule has 0 bridgehead atoms. The van der Waals surface area contributed by atoms with Crippen LogP contribution in [0, 0.1) is 23.1 Å². The number of rotatable bonds is 7. The van der Waals surface area contributed by atoms with E-state index >= 15 is 0 Å². The molecule has 2 N–H and O–H groups in total. The number of allylic oxidation sites excluding steroid dienone is 1. The Labute approximate surface area is 217 Å². The highest BCUT2D eigenvalue weighted by atomic mass is 35.5. The highest BCUT2D eigenvalue weighted by molar-refractivity contribution is 7.88. The van der Waals surface area contributed by atoms with Gasteiger partial charge in [-0.05, 0) is 43.7 Å². The third kappa shape index (κ3) is 5.44. The highest BCUT2D eigenvalue weighted by Gasteiger charge is 2.38. The number of nitriles is 1. The van der Waals surface area contributed by atoms with Gasteiger partial charge in [0.1, 0.15) is 18.4 Å². The second kappa shape index (κ2) is 10.6. The lowest BCUT2D eigenvalue weighted by atomic mass is 9.80. The summed E-state index contributed by atoms with van der Waals surface area (Å²) in [5, 5.41) is 24.9. The van der Waals surface area contributed by atoms with E-state index < -0.39 is 27.9 Å². The third-order valence-corrected chi connectivity index (χ3v) is 8.75. The first kappa shape index (κ1) is 26.2. The number of aliphatic imine (C=N–C) groups is 1. The van der Waals surface area contributed by atoms with Gasteiger partial charge >= 0.3 is 5.97 Å². The quantitative estimate of drug-likeness (QED) is 0.501. The van der Waals surface area contributed by atoms with Gasteiger partial charge in [0.05, 0.1) is 17.9 Å². The lowest BCUT2D eigenvalue weighted by molar-refractivity contribution is -0.133. The van der Waals surface area contributed by atoms with Gasteiger partial charge in [-0.3, -0.25) is 4.99 Å². The maximum atomic E-state index is 13.7. The van der Waals surface area contributed by atoms with Crippen molar-refractivity contribution in [2.75, 3.05) is 12.8 Å². The Hall–Kier alpha value is -2.85. The van der Waals surface area contributed by atoms with Crippen molar-refractivity contribution in [2.24, 2.45) is 10.9 Å². The molecule has 1 aliphatic carbocycles. The monoisotopic (exact) mass is 551 g/mol. The van der Waals surface area contributed by atoms with Crippen molar-refractivity contribution in [3.8, 4) is 6.07 Å². The summed E-state index contributed by atoms with van der Waals surface area (Å²) in [6.45, 7) is -0.235. The van der Waals surface area contributed by atoms with Crippen LogP contribution in [0.5, 0.6) is 0 Å². The van der Waals surface area contributed by atoms with E-state index in [9.17, 15) is 22.7 Å². The molecule has 2 heterocycles. The maximum absolute atomic E-state index is 13.7. The van der Waals surface area contributed by atoms with Gasteiger partial charge in [0, 0.05) is 33.9 Å². The molecule has 1 fully saturated rings. The molecule has 1 atom stereocenters. The zero-order valence-electron chi connectivity index (χ0n) is 19.2. The SMILES string of the molecule is CS(=O)(=O)N(CC#N)C1CCC(C2=C(C(=O)O)C(c3ccc(F)cc3Cl)N=C(c3nccs3)N2)CC1. The summed E-state index contributed by atoms with van der Waals surface area (Å²) >= 11 is 7.65. The summed E-state index contributed by atoms with van der Waals surface area (Å²) in [5.41, 5.74) is 0.816. The van der Waals surface area contributed by atoms with Crippen molar-refractivity contribution < 1.29 is 22.7 Å². The number of hydrogen-bond donors (Lipinski definition) is 2. The van der Waals surface area contributed by atoms with Crippen molar-refractivity contribution in [1.82, 2.24) is 14.6 Å². The second-order valence-electron chi connectivity index (χ2n) is 8.61. The average molecular weight is 552 g/mol. The van der Waals surface area contributed by atoms with Crippen molar-refractivity contribution >= 4 is 44.8 Å². The minimum Gasteiger partial charge on any atom is -0.478 e. The topological polar surface area (TPSA) is 136 Å². The minimum atomic E-state index is -3.57. The summed E-state index contributed by atoms with van der Waals surface area (Å²) in [7, 11) is -3.57. The van der Waals surface area contributed by atoms with Gasteiger partial charge in [-0.1, -0.05) is 17.7 Å². The molecule has 9 nitrogen and oxygen atoms in total. The number of aromatic nitrogens is 1. The van der Waals surface area contributed by atoms with Crippen molar-refractivity contribution in [2.45, 2.75) is 37.8 Å². The van der Waals surface area contributed by atoms with Crippen molar-refractivity contribution in [1.29, 1.82) is 5.26 Å². The lowest BCUT2D eigenvalue weighted by Gasteiger charge is -2.37.